The van der Waals surface area contributed by atoms with Crippen molar-refractivity contribution in [2.24, 2.45) is 11.7 Å². The molecule has 3 heteroatoms. The zero-order chi connectivity index (χ0) is 16.4. The first-order valence-electron chi connectivity index (χ1n) is 8.32. The van der Waals surface area contributed by atoms with Gasteiger partial charge in [-0.15, -0.1) is 0 Å². The highest BCUT2D eigenvalue weighted by atomic mass is 15.0. The van der Waals surface area contributed by atoms with Crippen molar-refractivity contribution in [3.63, 3.8) is 0 Å². The van der Waals surface area contributed by atoms with Crippen LogP contribution in [-0.2, 0) is 13.0 Å². The molecule has 120 valence electrons. The summed E-state index contributed by atoms with van der Waals surface area (Å²) >= 11 is 0. The number of nitrogens with zero attached hydrogens (tertiary/aromatic N) is 2. The topological polar surface area (TPSA) is 43.8 Å². The molecule has 2 N–H and O–H groups in total. The third-order valence-corrected chi connectivity index (χ3v) is 4.08. The zero-order valence-electron chi connectivity index (χ0n) is 14.2. The van der Waals surface area contributed by atoms with Crippen molar-refractivity contribution >= 4 is 10.9 Å². The van der Waals surface area contributed by atoms with Crippen LogP contribution in [0.3, 0.4) is 0 Å². The fourth-order valence-electron chi connectivity index (χ4n) is 3.15. The van der Waals surface area contributed by atoms with Gasteiger partial charge < -0.3 is 10.3 Å². The molecule has 1 atom stereocenters. The van der Waals surface area contributed by atoms with E-state index in [2.05, 4.69) is 66.9 Å². The van der Waals surface area contributed by atoms with Gasteiger partial charge in [-0.3, -0.25) is 4.98 Å². The Balaban J connectivity index is 2.12. The number of benzene rings is 1. The van der Waals surface area contributed by atoms with Crippen LogP contribution < -0.4 is 5.73 Å². The molecule has 3 rings (SSSR count). The Labute approximate surface area is 138 Å². The molecule has 0 aliphatic rings. The van der Waals surface area contributed by atoms with Crippen LogP contribution in [-0.4, -0.2) is 15.6 Å². The minimum absolute atomic E-state index is 0.174. The van der Waals surface area contributed by atoms with Gasteiger partial charge in [0.05, 0.1) is 0 Å². The van der Waals surface area contributed by atoms with Crippen LogP contribution in [0, 0.1) is 5.92 Å². The number of aromatic nitrogens is 2. The standard InChI is InChI=1S/C20H25N3/c1-14(2)12-23-13-18(10-15(3)21)19-5-4-17(11-20(19)23)16-6-8-22-9-7-16/h4-9,11,13-15H,10,12,21H2,1-3H3. The third-order valence-electron chi connectivity index (χ3n) is 4.08. The molecule has 0 fully saturated rings. The third kappa shape index (κ3) is 3.45. The van der Waals surface area contributed by atoms with E-state index in [0.29, 0.717) is 5.92 Å². The van der Waals surface area contributed by atoms with E-state index >= 15 is 0 Å². The normalized spacial score (nSPS) is 12.9. The Morgan fingerprint density at radius 2 is 1.78 bits per heavy atom. The van der Waals surface area contributed by atoms with Crippen LogP contribution in [0.4, 0.5) is 0 Å². The number of pyridine rings is 1. The maximum absolute atomic E-state index is 6.03. The maximum atomic E-state index is 6.03. The molecule has 0 saturated carbocycles. The molecule has 3 aromatic rings. The van der Waals surface area contributed by atoms with Crippen LogP contribution in [0.1, 0.15) is 26.3 Å². The van der Waals surface area contributed by atoms with Gasteiger partial charge in [0.1, 0.15) is 0 Å². The molecule has 0 amide bonds. The van der Waals surface area contributed by atoms with Gasteiger partial charge in [-0.25, -0.2) is 0 Å². The van der Waals surface area contributed by atoms with Gasteiger partial charge in [-0.2, -0.15) is 0 Å². The zero-order valence-corrected chi connectivity index (χ0v) is 14.2. The second-order valence-corrected chi connectivity index (χ2v) is 6.85. The highest BCUT2D eigenvalue weighted by molar-refractivity contribution is 5.88. The Kier molecular flexibility index (Phi) is 4.49. The SMILES string of the molecule is CC(C)Cn1cc(CC(C)N)c2ccc(-c3ccncc3)cc21. The molecule has 0 aliphatic carbocycles. The Morgan fingerprint density at radius 3 is 2.43 bits per heavy atom. The first-order chi connectivity index (χ1) is 11.0. The fraction of sp³-hybridized carbons (Fsp3) is 0.350. The summed E-state index contributed by atoms with van der Waals surface area (Å²) in [6.07, 6.45) is 6.88. The van der Waals surface area contributed by atoms with E-state index in [1.165, 1.54) is 27.6 Å². The summed E-state index contributed by atoms with van der Waals surface area (Å²) in [6, 6.07) is 11.0. The summed E-state index contributed by atoms with van der Waals surface area (Å²) in [5, 5.41) is 1.32. The molecule has 2 aromatic heterocycles. The largest absolute Gasteiger partial charge is 0.347 e. The Morgan fingerprint density at radius 1 is 1.04 bits per heavy atom. The van der Waals surface area contributed by atoms with Gasteiger partial charge in [-0.05, 0) is 54.2 Å². The van der Waals surface area contributed by atoms with Crippen molar-refractivity contribution < 1.29 is 0 Å². The molecule has 1 unspecified atom stereocenters. The lowest BCUT2D eigenvalue weighted by molar-refractivity contribution is 0.534. The minimum Gasteiger partial charge on any atom is -0.347 e. The summed E-state index contributed by atoms with van der Waals surface area (Å²) < 4.78 is 2.38. The van der Waals surface area contributed by atoms with Crippen molar-refractivity contribution in [1.29, 1.82) is 0 Å². The van der Waals surface area contributed by atoms with E-state index in [9.17, 15) is 0 Å². The molecule has 23 heavy (non-hydrogen) atoms. The van der Waals surface area contributed by atoms with Crippen LogP contribution >= 0.6 is 0 Å². The Hall–Kier alpha value is -2.13. The van der Waals surface area contributed by atoms with Gasteiger partial charge in [0, 0.05) is 42.1 Å². The molecule has 3 nitrogen and oxygen atoms in total. The van der Waals surface area contributed by atoms with Crippen molar-refractivity contribution in [2.75, 3.05) is 0 Å². The summed E-state index contributed by atoms with van der Waals surface area (Å²) in [5.74, 6) is 0.610. The maximum Gasteiger partial charge on any atom is 0.0489 e. The smallest absolute Gasteiger partial charge is 0.0489 e. The minimum atomic E-state index is 0.174. The van der Waals surface area contributed by atoms with Gasteiger partial charge in [0.25, 0.3) is 0 Å². The first kappa shape index (κ1) is 15.8. The van der Waals surface area contributed by atoms with E-state index in [-0.39, 0.29) is 6.04 Å². The molecule has 0 bridgehead atoms. The van der Waals surface area contributed by atoms with E-state index in [1.54, 1.807) is 0 Å². The van der Waals surface area contributed by atoms with E-state index in [0.717, 1.165) is 13.0 Å². The number of nitrogens with two attached hydrogens (primary N) is 1. The van der Waals surface area contributed by atoms with E-state index in [1.807, 2.05) is 12.4 Å². The van der Waals surface area contributed by atoms with E-state index in [4.69, 9.17) is 5.73 Å². The second kappa shape index (κ2) is 6.55. The first-order valence-corrected chi connectivity index (χ1v) is 8.32. The second-order valence-electron chi connectivity index (χ2n) is 6.85. The van der Waals surface area contributed by atoms with Crippen LogP contribution in [0.5, 0.6) is 0 Å². The van der Waals surface area contributed by atoms with Gasteiger partial charge in [0.15, 0.2) is 0 Å². The molecule has 1 aromatic carbocycles. The monoisotopic (exact) mass is 307 g/mol. The molecule has 0 spiro atoms. The number of hydrogen-bond donors (Lipinski definition) is 1. The number of hydrogen-bond acceptors (Lipinski definition) is 2. The summed E-state index contributed by atoms with van der Waals surface area (Å²) in [5.41, 5.74) is 11.1. The van der Waals surface area contributed by atoms with Crippen molar-refractivity contribution in [3.8, 4) is 11.1 Å². The average Bonchev–Trinajstić information content (AvgIpc) is 2.84. The summed E-state index contributed by atoms with van der Waals surface area (Å²) in [6.45, 7) is 7.60. The summed E-state index contributed by atoms with van der Waals surface area (Å²) in [4.78, 5) is 4.11. The number of fused-ring (bicyclic) bond motifs is 1. The van der Waals surface area contributed by atoms with Gasteiger partial charge >= 0.3 is 0 Å². The summed E-state index contributed by atoms with van der Waals surface area (Å²) in [7, 11) is 0. The number of rotatable bonds is 5. The molecule has 2 heterocycles. The Bertz CT molecular complexity index is 785. The van der Waals surface area contributed by atoms with Crippen LogP contribution in [0.25, 0.3) is 22.0 Å². The molecule has 0 radical (unpaired) electrons. The van der Waals surface area contributed by atoms with Gasteiger partial charge in [-0.1, -0.05) is 26.0 Å². The fourth-order valence-corrected chi connectivity index (χ4v) is 3.15. The van der Waals surface area contributed by atoms with Gasteiger partial charge in [0.2, 0.25) is 0 Å². The van der Waals surface area contributed by atoms with Crippen molar-refractivity contribution in [1.82, 2.24) is 9.55 Å². The van der Waals surface area contributed by atoms with Crippen molar-refractivity contribution in [2.45, 2.75) is 39.8 Å². The van der Waals surface area contributed by atoms with E-state index < -0.39 is 0 Å². The molecular formula is C20H25N3. The molecule has 0 aliphatic heterocycles. The van der Waals surface area contributed by atoms with Crippen molar-refractivity contribution in [3.05, 3.63) is 54.5 Å². The molecule has 0 saturated heterocycles. The lowest BCUT2D eigenvalue weighted by Gasteiger charge is -2.09. The predicted molar refractivity (Wildman–Crippen MR) is 97.4 cm³/mol. The highest BCUT2D eigenvalue weighted by Crippen LogP contribution is 2.29. The van der Waals surface area contributed by atoms with Crippen LogP contribution in [0.15, 0.2) is 48.9 Å². The molecular weight excluding hydrogens is 282 g/mol. The lowest BCUT2D eigenvalue weighted by atomic mass is 10.0. The van der Waals surface area contributed by atoms with Crippen LogP contribution in [0.2, 0.25) is 0 Å². The lowest BCUT2D eigenvalue weighted by Crippen LogP contribution is -2.17. The highest BCUT2D eigenvalue weighted by Gasteiger charge is 2.12. The quantitative estimate of drug-likeness (QED) is 0.766. The predicted octanol–water partition coefficient (Wildman–Crippen LogP) is 4.25. The average molecular weight is 307 g/mol.